The number of fused-ring (bicyclic) bond motifs is 1. The molecule has 0 amide bonds. The van der Waals surface area contributed by atoms with Crippen molar-refractivity contribution in [2.75, 3.05) is 19.8 Å². The maximum Gasteiger partial charge on any atom is 0.391 e. The Morgan fingerprint density at radius 1 is 1.24 bits per heavy atom. The van der Waals surface area contributed by atoms with Crippen LogP contribution < -0.4 is 10.3 Å². The minimum absolute atomic E-state index is 0.00544. The summed E-state index contributed by atoms with van der Waals surface area (Å²) in [6, 6.07) is -0.383. The standard InChI is InChI=1S/C19H25F3N4O3/c1-25-17(27)15-10-23-16(13-6-8-28-9-7-13)26(15)24-18(25)29-11-12-2-4-14(5-3-12)19(20,21)22/h10,12-14H,2-9,11H2,1H3/i1+1D3. The van der Waals surface area contributed by atoms with Gasteiger partial charge in [0.1, 0.15) is 5.82 Å². The predicted molar refractivity (Wildman–Crippen MR) is 98.0 cm³/mol. The van der Waals surface area contributed by atoms with E-state index in [1.54, 1.807) is 0 Å². The number of aromatic nitrogens is 4. The molecule has 2 aromatic rings. The van der Waals surface area contributed by atoms with E-state index in [-0.39, 0.29) is 42.8 Å². The first-order valence-corrected chi connectivity index (χ1v) is 9.84. The number of hydrogen-bond acceptors (Lipinski definition) is 5. The van der Waals surface area contributed by atoms with Crippen LogP contribution in [-0.2, 0) is 11.7 Å². The summed E-state index contributed by atoms with van der Waals surface area (Å²) in [7, 11) is 0. The molecule has 0 bridgehead atoms. The Morgan fingerprint density at radius 3 is 2.62 bits per heavy atom. The van der Waals surface area contributed by atoms with Crippen LogP contribution in [0.2, 0.25) is 0 Å². The van der Waals surface area contributed by atoms with Crippen LogP contribution in [0.1, 0.15) is 54.4 Å². The molecule has 0 spiro atoms. The average molecular weight is 418 g/mol. The Kier molecular flexibility index (Phi) is 4.58. The number of rotatable bonds is 4. The van der Waals surface area contributed by atoms with E-state index in [2.05, 4.69) is 10.1 Å². The van der Waals surface area contributed by atoms with Crippen LogP contribution in [0.4, 0.5) is 13.2 Å². The highest BCUT2D eigenvalue weighted by atomic mass is 19.4. The third kappa shape index (κ3) is 4.12. The van der Waals surface area contributed by atoms with Crippen LogP contribution >= 0.6 is 0 Å². The smallest absolute Gasteiger partial charge is 0.391 e. The summed E-state index contributed by atoms with van der Waals surface area (Å²) in [6.07, 6.45) is -0.876. The topological polar surface area (TPSA) is 70.7 Å². The molecule has 0 N–H and O–H groups in total. The van der Waals surface area contributed by atoms with Crippen LogP contribution in [0.15, 0.2) is 11.0 Å². The van der Waals surface area contributed by atoms with Crippen LogP contribution in [0, 0.1) is 11.8 Å². The molecular formula is C19H25F3N4O3. The molecule has 1 saturated heterocycles. The Labute approximate surface area is 170 Å². The SMILES string of the molecule is [2H][13C]([2H])([2H])n1c(OCC2CCC(C(F)(F)F)CC2)nn2c(C3CCOCC3)ncc2c1=O. The van der Waals surface area contributed by atoms with Crippen molar-refractivity contribution >= 4 is 5.52 Å². The van der Waals surface area contributed by atoms with Crippen molar-refractivity contribution in [3.63, 3.8) is 0 Å². The minimum Gasteiger partial charge on any atom is -0.463 e. The molecule has 2 fully saturated rings. The van der Waals surface area contributed by atoms with Gasteiger partial charge in [-0.05, 0) is 44.4 Å². The van der Waals surface area contributed by atoms with Gasteiger partial charge >= 0.3 is 12.2 Å². The van der Waals surface area contributed by atoms with Gasteiger partial charge in [-0.25, -0.2) is 9.50 Å². The molecule has 7 nitrogen and oxygen atoms in total. The fourth-order valence-electron chi connectivity index (χ4n) is 4.12. The Bertz CT molecular complexity index is 1010. The quantitative estimate of drug-likeness (QED) is 0.714. The number of nitrogens with zero attached hydrogens (tertiary/aromatic N) is 4. The number of halogens is 3. The van der Waals surface area contributed by atoms with E-state index in [0.29, 0.717) is 49.3 Å². The summed E-state index contributed by atoms with van der Waals surface area (Å²) in [5, 5.41) is 4.29. The summed E-state index contributed by atoms with van der Waals surface area (Å²) in [5.41, 5.74) is -0.776. The van der Waals surface area contributed by atoms with Crippen molar-refractivity contribution in [1.82, 2.24) is 19.2 Å². The first kappa shape index (κ1) is 16.7. The molecule has 0 unspecified atom stereocenters. The number of ether oxygens (including phenoxy) is 2. The van der Waals surface area contributed by atoms with Crippen molar-refractivity contribution in [2.24, 2.45) is 18.8 Å². The van der Waals surface area contributed by atoms with Gasteiger partial charge in [-0.1, -0.05) is 0 Å². The fourth-order valence-corrected chi connectivity index (χ4v) is 4.12. The van der Waals surface area contributed by atoms with E-state index >= 15 is 0 Å². The monoisotopic (exact) mass is 418 g/mol. The van der Waals surface area contributed by atoms with Crippen LogP contribution in [0.5, 0.6) is 6.01 Å². The Balaban J connectivity index is 1.60. The van der Waals surface area contributed by atoms with Gasteiger partial charge in [-0.3, -0.25) is 9.36 Å². The first-order valence-electron chi connectivity index (χ1n) is 11.3. The van der Waals surface area contributed by atoms with Crippen molar-refractivity contribution in [2.45, 2.75) is 50.6 Å². The maximum absolute atomic E-state index is 13.0. The molecule has 1 aliphatic carbocycles. The van der Waals surface area contributed by atoms with E-state index < -0.39 is 24.6 Å². The third-order valence-electron chi connectivity index (χ3n) is 5.91. The second kappa shape index (κ2) is 7.97. The van der Waals surface area contributed by atoms with Crippen molar-refractivity contribution in [3.05, 3.63) is 22.4 Å². The molecule has 1 aliphatic heterocycles. The fraction of sp³-hybridized carbons (Fsp3) is 0.737. The van der Waals surface area contributed by atoms with E-state index in [9.17, 15) is 18.0 Å². The zero-order chi connectivity index (χ0) is 23.1. The number of alkyl halides is 3. The number of hydrogen-bond donors (Lipinski definition) is 0. The lowest BCUT2D eigenvalue weighted by atomic mass is 9.82. The largest absolute Gasteiger partial charge is 0.463 e. The molecule has 2 aliphatic rings. The van der Waals surface area contributed by atoms with Gasteiger partial charge in [0, 0.05) is 30.2 Å². The van der Waals surface area contributed by atoms with Gasteiger partial charge in [0.05, 0.1) is 18.7 Å². The van der Waals surface area contributed by atoms with Gasteiger partial charge in [0.25, 0.3) is 5.56 Å². The van der Waals surface area contributed by atoms with Gasteiger partial charge in [0.15, 0.2) is 5.52 Å². The lowest BCUT2D eigenvalue weighted by Crippen LogP contribution is -2.30. The van der Waals surface area contributed by atoms with E-state index in [1.807, 2.05) is 0 Å². The Hall–Kier alpha value is -2.10. The molecule has 0 radical (unpaired) electrons. The molecule has 0 atom stereocenters. The molecule has 10 heteroatoms. The first-order chi connectivity index (χ1) is 15.1. The van der Waals surface area contributed by atoms with Gasteiger partial charge in [0.2, 0.25) is 0 Å². The zero-order valence-corrected chi connectivity index (χ0v) is 15.8. The summed E-state index contributed by atoms with van der Waals surface area (Å²) >= 11 is 0. The van der Waals surface area contributed by atoms with Crippen LogP contribution in [-0.4, -0.2) is 45.2 Å². The van der Waals surface area contributed by atoms with Crippen LogP contribution in [0.3, 0.4) is 0 Å². The molecule has 4 rings (SSSR count). The summed E-state index contributed by atoms with van der Waals surface area (Å²) in [5.74, 6) is -0.952. The average Bonchev–Trinajstić information content (AvgIpc) is 3.16. The van der Waals surface area contributed by atoms with Gasteiger partial charge in [-0.15, -0.1) is 5.10 Å². The molecule has 1 saturated carbocycles. The minimum atomic E-state index is -4.21. The summed E-state index contributed by atoms with van der Waals surface area (Å²) < 4.78 is 74.8. The van der Waals surface area contributed by atoms with Crippen molar-refractivity contribution in [3.8, 4) is 6.01 Å². The van der Waals surface area contributed by atoms with E-state index in [0.717, 1.165) is 0 Å². The number of imidazole rings is 1. The Morgan fingerprint density at radius 2 is 1.97 bits per heavy atom. The second-order valence-corrected chi connectivity index (χ2v) is 7.79. The highest BCUT2D eigenvalue weighted by Crippen LogP contribution is 2.39. The van der Waals surface area contributed by atoms with E-state index in [4.69, 9.17) is 13.6 Å². The maximum atomic E-state index is 13.0. The second-order valence-electron chi connectivity index (χ2n) is 7.79. The molecule has 3 heterocycles. The zero-order valence-electron chi connectivity index (χ0n) is 18.8. The summed E-state index contributed by atoms with van der Waals surface area (Å²) in [6.45, 7) is -1.75. The van der Waals surface area contributed by atoms with Crippen molar-refractivity contribution < 1.29 is 26.8 Å². The third-order valence-corrected chi connectivity index (χ3v) is 5.91. The molecule has 160 valence electrons. The summed E-state index contributed by atoms with van der Waals surface area (Å²) in [4.78, 5) is 17.3. The lowest BCUT2D eigenvalue weighted by molar-refractivity contribution is -0.184. The highest BCUT2D eigenvalue weighted by Gasteiger charge is 2.41. The van der Waals surface area contributed by atoms with Crippen molar-refractivity contribution in [1.29, 1.82) is 0 Å². The normalized spacial score (nSPS) is 26.1. The van der Waals surface area contributed by atoms with Gasteiger partial charge in [-0.2, -0.15) is 13.2 Å². The molecular weight excluding hydrogens is 390 g/mol. The van der Waals surface area contributed by atoms with Gasteiger partial charge < -0.3 is 9.47 Å². The molecule has 0 aromatic carbocycles. The molecule has 29 heavy (non-hydrogen) atoms. The highest BCUT2D eigenvalue weighted by molar-refractivity contribution is 5.43. The van der Waals surface area contributed by atoms with E-state index in [1.165, 1.54) is 10.7 Å². The van der Waals surface area contributed by atoms with Crippen LogP contribution in [0.25, 0.3) is 5.52 Å². The lowest BCUT2D eigenvalue weighted by Gasteiger charge is -2.29. The predicted octanol–water partition coefficient (Wildman–Crippen LogP) is 3.07. The molecule has 2 aromatic heterocycles.